The molecule has 2 aromatic carbocycles. The van der Waals surface area contributed by atoms with Crippen molar-refractivity contribution in [3.63, 3.8) is 0 Å². The minimum Gasteiger partial charge on any atom is -0.446 e. The van der Waals surface area contributed by atoms with E-state index in [1.165, 1.54) is 10.9 Å². The van der Waals surface area contributed by atoms with Crippen LogP contribution >= 0.6 is 0 Å². The maximum atomic E-state index is 11.8. The zero-order valence-electron chi connectivity index (χ0n) is 18.1. The van der Waals surface area contributed by atoms with E-state index < -0.39 is 0 Å². The average Bonchev–Trinajstić information content (AvgIpc) is 2.81. The number of ether oxygens (including phenoxy) is 1. The molecule has 1 aliphatic rings. The zero-order valence-corrected chi connectivity index (χ0v) is 18.1. The molecule has 1 heterocycles. The lowest BCUT2D eigenvalue weighted by Gasteiger charge is -2.40. The van der Waals surface area contributed by atoms with Crippen LogP contribution in [-0.4, -0.2) is 30.3 Å². The molecule has 162 valence electrons. The molecule has 0 radical (unpaired) electrons. The van der Waals surface area contributed by atoms with Crippen molar-refractivity contribution in [1.82, 2.24) is 10.3 Å². The van der Waals surface area contributed by atoms with Crippen molar-refractivity contribution < 1.29 is 9.53 Å². The SMILES string of the molecule is CCNC(=O)OC1CCC(CCNc2nccc3ccccc23)(c2ccccc2)CC1. The Kier molecular flexibility index (Phi) is 6.70. The van der Waals surface area contributed by atoms with Gasteiger partial charge in [0.1, 0.15) is 11.9 Å². The van der Waals surface area contributed by atoms with E-state index in [1.54, 1.807) is 0 Å². The third kappa shape index (κ3) is 4.98. The number of pyridine rings is 1. The minimum absolute atomic E-state index is 0.00363. The van der Waals surface area contributed by atoms with E-state index in [0.717, 1.165) is 49.9 Å². The molecule has 0 aliphatic heterocycles. The van der Waals surface area contributed by atoms with Gasteiger partial charge in [0.25, 0.3) is 0 Å². The van der Waals surface area contributed by atoms with E-state index in [9.17, 15) is 4.79 Å². The highest BCUT2D eigenvalue weighted by atomic mass is 16.6. The summed E-state index contributed by atoms with van der Waals surface area (Å²) in [4.78, 5) is 16.4. The van der Waals surface area contributed by atoms with Crippen molar-refractivity contribution in [3.05, 3.63) is 72.4 Å². The molecular formula is C26H31N3O2. The Morgan fingerprint density at radius 3 is 2.58 bits per heavy atom. The summed E-state index contributed by atoms with van der Waals surface area (Å²) in [5.74, 6) is 0.939. The van der Waals surface area contributed by atoms with Crippen LogP contribution in [0, 0.1) is 0 Å². The molecule has 0 unspecified atom stereocenters. The average molecular weight is 418 g/mol. The summed E-state index contributed by atoms with van der Waals surface area (Å²) in [6.07, 6.45) is 6.35. The zero-order chi connectivity index (χ0) is 21.5. The number of aromatic nitrogens is 1. The van der Waals surface area contributed by atoms with Gasteiger partial charge >= 0.3 is 6.09 Å². The molecule has 0 atom stereocenters. The fraction of sp³-hybridized carbons (Fsp3) is 0.385. The van der Waals surface area contributed by atoms with Crippen molar-refractivity contribution in [2.75, 3.05) is 18.4 Å². The smallest absolute Gasteiger partial charge is 0.407 e. The van der Waals surface area contributed by atoms with Gasteiger partial charge in [-0.15, -0.1) is 0 Å². The number of benzene rings is 2. The summed E-state index contributed by atoms with van der Waals surface area (Å²) in [5.41, 5.74) is 1.46. The number of rotatable bonds is 7. The number of carbonyl (C=O) groups is 1. The number of amides is 1. The number of hydrogen-bond acceptors (Lipinski definition) is 4. The first-order chi connectivity index (χ1) is 15.2. The van der Waals surface area contributed by atoms with Crippen LogP contribution in [0.25, 0.3) is 10.8 Å². The van der Waals surface area contributed by atoms with Gasteiger partial charge in [-0.3, -0.25) is 0 Å². The van der Waals surface area contributed by atoms with Crippen molar-refractivity contribution in [1.29, 1.82) is 0 Å². The van der Waals surface area contributed by atoms with Gasteiger partial charge in [0.05, 0.1) is 0 Å². The van der Waals surface area contributed by atoms with Gasteiger partial charge in [-0.1, -0.05) is 54.6 Å². The number of carbonyl (C=O) groups excluding carboxylic acids is 1. The molecule has 1 aliphatic carbocycles. The molecule has 4 rings (SSSR count). The lowest BCUT2D eigenvalue weighted by atomic mass is 9.66. The topological polar surface area (TPSA) is 63.2 Å². The van der Waals surface area contributed by atoms with E-state index >= 15 is 0 Å². The summed E-state index contributed by atoms with van der Waals surface area (Å²) in [5, 5.41) is 8.66. The van der Waals surface area contributed by atoms with Crippen LogP contribution < -0.4 is 10.6 Å². The van der Waals surface area contributed by atoms with Gasteiger partial charge in [0, 0.05) is 24.7 Å². The van der Waals surface area contributed by atoms with Crippen molar-refractivity contribution in [3.8, 4) is 0 Å². The highest BCUT2D eigenvalue weighted by Crippen LogP contribution is 2.43. The predicted molar refractivity (Wildman–Crippen MR) is 125 cm³/mol. The number of fused-ring (bicyclic) bond motifs is 1. The number of alkyl carbamates (subject to hydrolysis) is 1. The fourth-order valence-electron chi connectivity index (χ4n) is 4.75. The molecule has 0 saturated heterocycles. The van der Waals surface area contributed by atoms with E-state index in [2.05, 4.69) is 70.2 Å². The van der Waals surface area contributed by atoms with Crippen LogP contribution in [0.3, 0.4) is 0 Å². The molecule has 1 fully saturated rings. The van der Waals surface area contributed by atoms with Crippen LogP contribution in [0.15, 0.2) is 66.9 Å². The number of nitrogens with one attached hydrogen (secondary N) is 2. The minimum atomic E-state index is -0.302. The predicted octanol–water partition coefficient (Wildman–Crippen LogP) is 5.66. The van der Waals surface area contributed by atoms with Gasteiger partial charge < -0.3 is 15.4 Å². The summed E-state index contributed by atoms with van der Waals surface area (Å²) in [7, 11) is 0. The first-order valence-electron chi connectivity index (χ1n) is 11.3. The van der Waals surface area contributed by atoms with Crippen molar-refractivity contribution in [2.24, 2.45) is 0 Å². The third-order valence-electron chi connectivity index (χ3n) is 6.44. The second-order valence-electron chi connectivity index (χ2n) is 8.34. The van der Waals surface area contributed by atoms with Crippen molar-refractivity contribution >= 4 is 22.7 Å². The molecule has 5 heteroatoms. The summed E-state index contributed by atoms with van der Waals surface area (Å²) in [6.45, 7) is 3.34. The summed E-state index contributed by atoms with van der Waals surface area (Å²) in [6, 6.07) is 21.2. The maximum Gasteiger partial charge on any atom is 0.407 e. The molecule has 1 amide bonds. The Labute approximate surface area is 184 Å². The first kappa shape index (κ1) is 21.2. The molecule has 5 nitrogen and oxygen atoms in total. The Morgan fingerprint density at radius 2 is 1.81 bits per heavy atom. The summed E-state index contributed by atoms with van der Waals surface area (Å²) >= 11 is 0. The molecule has 31 heavy (non-hydrogen) atoms. The molecule has 2 N–H and O–H groups in total. The molecule has 1 saturated carbocycles. The van der Waals surface area contributed by atoms with Gasteiger partial charge in [-0.2, -0.15) is 0 Å². The lowest BCUT2D eigenvalue weighted by Crippen LogP contribution is -2.38. The van der Waals surface area contributed by atoms with Crippen LogP contribution in [0.5, 0.6) is 0 Å². The Balaban J connectivity index is 1.45. The van der Waals surface area contributed by atoms with Crippen LogP contribution in [-0.2, 0) is 10.2 Å². The second-order valence-corrected chi connectivity index (χ2v) is 8.34. The largest absolute Gasteiger partial charge is 0.446 e. The highest BCUT2D eigenvalue weighted by molar-refractivity contribution is 5.91. The van der Waals surface area contributed by atoms with E-state index in [1.807, 2.05) is 19.2 Å². The van der Waals surface area contributed by atoms with Gasteiger partial charge in [-0.05, 0) is 61.5 Å². The first-order valence-corrected chi connectivity index (χ1v) is 11.3. The highest BCUT2D eigenvalue weighted by Gasteiger charge is 2.37. The van der Waals surface area contributed by atoms with Gasteiger partial charge in [0.2, 0.25) is 0 Å². The molecule has 3 aromatic rings. The van der Waals surface area contributed by atoms with Crippen LogP contribution in [0.1, 0.15) is 44.6 Å². The molecule has 0 spiro atoms. The lowest BCUT2D eigenvalue weighted by molar-refractivity contribution is 0.0564. The van der Waals surface area contributed by atoms with E-state index in [-0.39, 0.29) is 17.6 Å². The number of hydrogen-bond donors (Lipinski definition) is 2. The fourth-order valence-corrected chi connectivity index (χ4v) is 4.75. The van der Waals surface area contributed by atoms with Crippen LogP contribution in [0.2, 0.25) is 0 Å². The quantitative estimate of drug-likeness (QED) is 0.520. The van der Waals surface area contributed by atoms with Gasteiger partial charge in [0.15, 0.2) is 0 Å². The number of nitrogens with zero attached hydrogens (tertiary/aromatic N) is 1. The third-order valence-corrected chi connectivity index (χ3v) is 6.44. The van der Waals surface area contributed by atoms with Crippen molar-refractivity contribution in [2.45, 2.75) is 50.5 Å². The normalized spacial score (nSPS) is 20.9. The monoisotopic (exact) mass is 417 g/mol. The number of anilines is 1. The maximum absolute atomic E-state index is 11.8. The van der Waals surface area contributed by atoms with Crippen LogP contribution in [0.4, 0.5) is 10.6 Å². The van der Waals surface area contributed by atoms with E-state index in [4.69, 9.17) is 4.74 Å². The Morgan fingerprint density at radius 1 is 1.06 bits per heavy atom. The van der Waals surface area contributed by atoms with Gasteiger partial charge in [-0.25, -0.2) is 9.78 Å². The molecular weight excluding hydrogens is 386 g/mol. The Hall–Kier alpha value is -3.08. The standard InChI is InChI=1S/C26H31N3O2/c1-2-27-25(30)31-22-12-15-26(16-13-22,21-9-4-3-5-10-21)17-19-29-24-23-11-7-6-8-20(23)14-18-28-24/h3-11,14,18,22H,2,12-13,15-17,19H2,1H3,(H,27,30)(H,28,29). The Bertz CT molecular complexity index is 992. The molecule has 1 aromatic heterocycles. The van der Waals surface area contributed by atoms with E-state index in [0.29, 0.717) is 6.54 Å². The second kappa shape index (κ2) is 9.82. The summed E-state index contributed by atoms with van der Waals surface area (Å²) < 4.78 is 5.61. The molecule has 0 bridgehead atoms.